The Morgan fingerprint density at radius 1 is 1.38 bits per heavy atom. The van der Waals surface area contributed by atoms with Gasteiger partial charge in [0, 0.05) is 6.04 Å². The molecule has 0 bridgehead atoms. The first kappa shape index (κ1) is 17.5. The van der Waals surface area contributed by atoms with Crippen molar-refractivity contribution in [2.45, 2.75) is 26.3 Å². The lowest BCUT2D eigenvalue weighted by molar-refractivity contribution is -0.116. The van der Waals surface area contributed by atoms with Gasteiger partial charge in [0.25, 0.3) is 0 Å². The quantitative estimate of drug-likeness (QED) is 0.831. The van der Waals surface area contributed by atoms with Gasteiger partial charge < -0.3 is 10.1 Å². The monoisotopic (exact) mass is 314 g/mol. The number of carbonyl (C=O) groups is 1. The second-order valence-corrected chi connectivity index (χ2v) is 6.75. The fourth-order valence-corrected chi connectivity index (χ4v) is 3.04. The summed E-state index contributed by atoms with van der Waals surface area (Å²) < 4.78 is 29.9. The average Bonchev–Trinajstić information content (AvgIpc) is 2.43. The van der Waals surface area contributed by atoms with Crippen LogP contribution < -0.4 is 10.1 Å². The largest absolute Gasteiger partial charge is 0.495 e. The van der Waals surface area contributed by atoms with E-state index >= 15 is 0 Å². The van der Waals surface area contributed by atoms with E-state index in [0.29, 0.717) is 17.9 Å². The minimum atomic E-state index is -3.44. The Kier molecular flexibility index (Phi) is 6.17. The Balaban J connectivity index is 2.84. The molecule has 0 saturated heterocycles. The maximum absolute atomic E-state index is 12.1. The van der Waals surface area contributed by atoms with Crippen LogP contribution in [0.5, 0.6) is 5.75 Å². The zero-order valence-corrected chi connectivity index (χ0v) is 13.6. The minimum Gasteiger partial charge on any atom is -0.495 e. The number of nitrogens with zero attached hydrogens (tertiary/aromatic N) is 1. The molecule has 0 aliphatic heterocycles. The summed E-state index contributed by atoms with van der Waals surface area (Å²) >= 11 is 0. The number of benzene rings is 1. The van der Waals surface area contributed by atoms with Crippen molar-refractivity contribution in [3.05, 3.63) is 24.3 Å². The molecule has 7 heteroatoms. The van der Waals surface area contributed by atoms with E-state index in [1.54, 1.807) is 31.2 Å². The minimum absolute atomic E-state index is 0.216. The van der Waals surface area contributed by atoms with E-state index in [9.17, 15) is 13.2 Å². The number of hydrogen-bond donors (Lipinski definition) is 1. The predicted octanol–water partition coefficient (Wildman–Crippen LogP) is 1.69. The smallest absolute Gasteiger partial charge is 0.239 e. The molecule has 1 aromatic rings. The van der Waals surface area contributed by atoms with Crippen LogP contribution in [0.15, 0.2) is 24.3 Å². The van der Waals surface area contributed by atoms with Gasteiger partial charge in [-0.05, 0) is 25.5 Å². The van der Waals surface area contributed by atoms with Crippen LogP contribution in [0, 0.1) is 0 Å². The fraction of sp³-hybridized carbons (Fsp3) is 0.500. The number of ether oxygens (including phenoxy) is 1. The lowest BCUT2D eigenvalue weighted by Gasteiger charge is -2.25. The molecule has 21 heavy (non-hydrogen) atoms. The summed E-state index contributed by atoms with van der Waals surface area (Å²) in [5.41, 5.74) is 0.516. The van der Waals surface area contributed by atoms with E-state index in [1.165, 1.54) is 11.4 Å². The molecule has 1 unspecified atom stereocenters. The first-order valence-electron chi connectivity index (χ1n) is 6.69. The van der Waals surface area contributed by atoms with Crippen LogP contribution in [0.4, 0.5) is 5.69 Å². The normalized spacial score (nSPS) is 13.0. The van der Waals surface area contributed by atoms with Crippen LogP contribution in [0.3, 0.4) is 0 Å². The third-order valence-electron chi connectivity index (χ3n) is 3.19. The van der Waals surface area contributed by atoms with E-state index in [2.05, 4.69) is 5.32 Å². The van der Waals surface area contributed by atoms with Gasteiger partial charge in [-0.1, -0.05) is 19.1 Å². The van der Waals surface area contributed by atoms with Crippen LogP contribution in [0.2, 0.25) is 0 Å². The van der Waals surface area contributed by atoms with Crippen molar-refractivity contribution in [3.63, 3.8) is 0 Å². The standard InChI is InChI=1S/C14H22N2O4S/c1-5-11(2)16(21(4,18)19)10-14(17)15-12-8-6-7-9-13(12)20-3/h6-9,11H,5,10H2,1-4H3,(H,15,17). The van der Waals surface area contributed by atoms with Gasteiger partial charge in [0.15, 0.2) is 0 Å². The number of rotatable bonds is 7. The Morgan fingerprint density at radius 2 is 2.00 bits per heavy atom. The number of carbonyl (C=O) groups excluding carboxylic acids is 1. The Bertz CT molecular complexity index is 586. The second kappa shape index (κ2) is 7.42. The third-order valence-corrected chi connectivity index (χ3v) is 4.53. The molecule has 118 valence electrons. The van der Waals surface area contributed by atoms with Gasteiger partial charge in [0.1, 0.15) is 5.75 Å². The first-order chi connectivity index (χ1) is 9.79. The number of para-hydroxylation sites is 2. The van der Waals surface area contributed by atoms with Gasteiger partial charge in [0.2, 0.25) is 15.9 Å². The molecule has 0 saturated carbocycles. The molecule has 0 aromatic heterocycles. The van der Waals surface area contributed by atoms with Crippen LogP contribution in [0.25, 0.3) is 0 Å². The van der Waals surface area contributed by atoms with Crippen LogP contribution in [-0.2, 0) is 14.8 Å². The van der Waals surface area contributed by atoms with Gasteiger partial charge in [-0.15, -0.1) is 0 Å². The van der Waals surface area contributed by atoms with Crippen molar-refractivity contribution >= 4 is 21.6 Å². The summed E-state index contributed by atoms with van der Waals surface area (Å²) in [5, 5.41) is 2.67. The molecule has 1 atom stereocenters. The number of nitrogens with one attached hydrogen (secondary N) is 1. The molecule has 0 aliphatic carbocycles. The van der Waals surface area contributed by atoms with Crippen molar-refractivity contribution in [2.24, 2.45) is 0 Å². The highest BCUT2D eigenvalue weighted by atomic mass is 32.2. The summed E-state index contributed by atoms with van der Waals surface area (Å²) in [7, 11) is -1.93. The topological polar surface area (TPSA) is 75.7 Å². The molecule has 1 rings (SSSR count). The molecule has 0 fully saturated rings. The van der Waals surface area contributed by atoms with Crippen molar-refractivity contribution in [1.29, 1.82) is 0 Å². The summed E-state index contributed by atoms with van der Waals surface area (Å²) in [5.74, 6) is 0.130. The zero-order valence-electron chi connectivity index (χ0n) is 12.8. The summed E-state index contributed by atoms with van der Waals surface area (Å²) in [6.07, 6.45) is 1.74. The zero-order chi connectivity index (χ0) is 16.0. The number of methoxy groups -OCH3 is 1. The highest BCUT2D eigenvalue weighted by Gasteiger charge is 2.25. The molecule has 0 radical (unpaired) electrons. The summed E-state index contributed by atoms with van der Waals surface area (Å²) in [6.45, 7) is 3.43. The maximum atomic E-state index is 12.1. The number of anilines is 1. The predicted molar refractivity (Wildman–Crippen MR) is 82.9 cm³/mol. The highest BCUT2D eigenvalue weighted by molar-refractivity contribution is 7.88. The van der Waals surface area contributed by atoms with Gasteiger partial charge >= 0.3 is 0 Å². The van der Waals surface area contributed by atoms with E-state index in [-0.39, 0.29) is 12.6 Å². The maximum Gasteiger partial charge on any atom is 0.239 e. The Morgan fingerprint density at radius 3 is 2.52 bits per heavy atom. The van der Waals surface area contributed by atoms with E-state index in [1.807, 2.05) is 6.92 Å². The first-order valence-corrected chi connectivity index (χ1v) is 8.54. The van der Waals surface area contributed by atoms with Crippen LogP contribution >= 0.6 is 0 Å². The molecule has 1 amide bonds. The molecule has 0 spiro atoms. The van der Waals surface area contributed by atoms with Gasteiger partial charge in [-0.3, -0.25) is 4.79 Å². The Hall–Kier alpha value is -1.60. The number of sulfonamides is 1. The van der Waals surface area contributed by atoms with Crippen molar-refractivity contribution in [3.8, 4) is 5.75 Å². The SMILES string of the molecule is CCC(C)N(CC(=O)Nc1ccccc1OC)S(C)(=O)=O. The van der Waals surface area contributed by atoms with E-state index in [0.717, 1.165) is 6.26 Å². The van der Waals surface area contributed by atoms with Crippen molar-refractivity contribution < 1.29 is 17.9 Å². The summed E-state index contributed by atoms with van der Waals surface area (Å²) in [4.78, 5) is 12.1. The molecular weight excluding hydrogens is 292 g/mol. The lowest BCUT2D eigenvalue weighted by atomic mass is 10.2. The third kappa shape index (κ3) is 5.02. The molecule has 0 aliphatic rings. The highest BCUT2D eigenvalue weighted by Crippen LogP contribution is 2.23. The van der Waals surface area contributed by atoms with Crippen molar-refractivity contribution in [1.82, 2.24) is 4.31 Å². The average molecular weight is 314 g/mol. The molecular formula is C14H22N2O4S. The molecule has 1 aromatic carbocycles. The van der Waals surface area contributed by atoms with Crippen LogP contribution in [-0.4, -0.2) is 44.6 Å². The summed E-state index contributed by atoms with van der Waals surface area (Å²) in [6, 6.07) is 6.74. The molecule has 6 nitrogen and oxygen atoms in total. The number of hydrogen-bond acceptors (Lipinski definition) is 4. The van der Waals surface area contributed by atoms with Gasteiger partial charge in [-0.2, -0.15) is 4.31 Å². The second-order valence-electron chi connectivity index (χ2n) is 4.81. The van der Waals surface area contributed by atoms with E-state index in [4.69, 9.17) is 4.74 Å². The van der Waals surface area contributed by atoms with E-state index < -0.39 is 15.9 Å². The number of amides is 1. The fourth-order valence-electron chi connectivity index (χ4n) is 1.88. The molecule has 0 heterocycles. The lowest BCUT2D eigenvalue weighted by Crippen LogP contribution is -2.42. The van der Waals surface area contributed by atoms with Gasteiger partial charge in [-0.25, -0.2) is 8.42 Å². The molecule has 1 N–H and O–H groups in total. The Labute approximate surface area is 126 Å². The van der Waals surface area contributed by atoms with Crippen molar-refractivity contribution in [2.75, 3.05) is 25.2 Å². The van der Waals surface area contributed by atoms with Crippen LogP contribution in [0.1, 0.15) is 20.3 Å². The van der Waals surface area contributed by atoms with Gasteiger partial charge in [0.05, 0.1) is 25.6 Å².